The SMILES string of the molecule is COc1cc(-c2nc(-c3ccc(N(C)C)cc3NC(C)=O)c(-c3ccc(N(C)C)cc3)n2C)cc(CO)c1NC(C)=O. The van der Waals surface area contributed by atoms with E-state index in [4.69, 9.17) is 9.72 Å². The van der Waals surface area contributed by atoms with Gasteiger partial charge in [0.25, 0.3) is 0 Å². The van der Waals surface area contributed by atoms with E-state index in [1.165, 1.54) is 21.0 Å². The molecule has 0 unspecified atom stereocenters. The molecule has 10 heteroatoms. The molecule has 0 atom stereocenters. The van der Waals surface area contributed by atoms with Gasteiger partial charge >= 0.3 is 0 Å². The van der Waals surface area contributed by atoms with Crippen LogP contribution in [0.4, 0.5) is 22.7 Å². The van der Waals surface area contributed by atoms with Gasteiger partial charge in [0.15, 0.2) is 0 Å². The smallest absolute Gasteiger partial charge is 0.221 e. The van der Waals surface area contributed by atoms with E-state index in [0.29, 0.717) is 39.8 Å². The number of carbonyl (C=O) groups excluding carboxylic acids is 2. The summed E-state index contributed by atoms with van der Waals surface area (Å²) < 4.78 is 7.60. The van der Waals surface area contributed by atoms with Crippen LogP contribution in [-0.2, 0) is 23.2 Å². The number of nitrogens with one attached hydrogen (secondary N) is 2. The van der Waals surface area contributed by atoms with Crippen LogP contribution >= 0.6 is 0 Å². The molecule has 42 heavy (non-hydrogen) atoms. The lowest BCUT2D eigenvalue weighted by Crippen LogP contribution is -2.11. The van der Waals surface area contributed by atoms with Crippen LogP contribution in [0.2, 0.25) is 0 Å². The Kier molecular flexibility index (Phi) is 8.87. The maximum Gasteiger partial charge on any atom is 0.221 e. The Bertz CT molecular complexity index is 1600. The number of imidazole rings is 1. The molecule has 10 nitrogen and oxygen atoms in total. The minimum Gasteiger partial charge on any atom is -0.495 e. The summed E-state index contributed by atoms with van der Waals surface area (Å²) in [7, 11) is 11.3. The van der Waals surface area contributed by atoms with Gasteiger partial charge in [-0.05, 0) is 42.5 Å². The monoisotopic (exact) mass is 570 g/mol. The Morgan fingerprint density at radius 3 is 2.05 bits per heavy atom. The molecule has 0 radical (unpaired) electrons. The van der Waals surface area contributed by atoms with Gasteiger partial charge in [0.05, 0.1) is 36.5 Å². The third kappa shape index (κ3) is 6.08. The van der Waals surface area contributed by atoms with Gasteiger partial charge < -0.3 is 34.8 Å². The van der Waals surface area contributed by atoms with Gasteiger partial charge in [-0.3, -0.25) is 9.59 Å². The summed E-state index contributed by atoms with van der Waals surface area (Å²) in [6, 6.07) is 17.7. The highest BCUT2D eigenvalue weighted by molar-refractivity contribution is 5.98. The van der Waals surface area contributed by atoms with Gasteiger partial charge in [-0.15, -0.1) is 0 Å². The average molecular weight is 571 g/mol. The summed E-state index contributed by atoms with van der Waals surface area (Å²) >= 11 is 0. The molecule has 0 fully saturated rings. The number of hydrogen-bond donors (Lipinski definition) is 3. The van der Waals surface area contributed by atoms with Crippen LogP contribution in [0.15, 0.2) is 54.6 Å². The summed E-state index contributed by atoms with van der Waals surface area (Å²) in [5.41, 5.74) is 7.44. The van der Waals surface area contributed by atoms with Gasteiger partial charge in [-0.2, -0.15) is 0 Å². The van der Waals surface area contributed by atoms with Crippen molar-refractivity contribution in [3.63, 3.8) is 0 Å². The zero-order chi connectivity index (χ0) is 30.7. The topological polar surface area (TPSA) is 112 Å². The van der Waals surface area contributed by atoms with Crippen molar-refractivity contribution in [3.05, 3.63) is 60.2 Å². The highest BCUT2D eigenvalue weighted by Gasteiger charge is 2.24. The van der Waals surface area contributed by atoms with E-state index in [2.05, 4.69) is 10.6 Å². The maximum absolute atomic E-state index is 12.3. The summed E-state index contributed by atoms with van der Waals surface area (Å²) in [5.74, 6) is 0.559. The Balaban J connectivity index is 2.02. The lowest BCUT2D eigenvalue weighted by molar-refractivity contribution is -0.115. The third-order valence-corrected chi connectivity index (χ3v) is 6.97. The number of anilines is 4. The van der Waals surface area contributed by atoms with Crippen LogP contribution in [0.1, 0.15) is 19.4 Å². The van der Waals surface area contributed by atoms with Crippen molar-refractivity contribution < 1.29 is 19.4 Å². The molecule has 3 N–H and O–H groups in total. The van der Waals surface area contributed by atoms with Crippen molar-refractivity contribution in [2.24, 2.45) is 7.05 Å². The predicted octanol–water partition coefficient (Wildman–Crippen LogP) is 4.97. The second kappa shape index (κ2) is 12.4. The fraction of sp³-hybridized carbons (Fsp3) is 0.281. The van der Waals surface area contributed by atoms with E-state index >= 15 is 0 Å². The lowest BCUT2D eigenvalue weighted by atomic mass is 10.0. The van der Waals surface area contributed by atoms with Crippen molar-refractivity contribution in [1.82, 2.24) is 9.55 Å². The number of ether oxygens (including phenoxy) is 1. The van der Waals surface area contributed by atoms with E-state index in [1.807, 2.05) is 92.1 Å². The molecule has 0 aliphatic rings. The number of nitrogens with zero attached hydrogens (tertiary/aromatic N) is 4. The first-order chi connectivity index (χ1) is 19.9. The molecule has 1 heterocycles. The number of aliphatic hydroxyl groups excluding tert-OH is 1. The number of carbonyl (C=O) groups is 2. The fourth-order valence-corrected chi connectivity index (χ4v) is 4.91. The molecule has 220 valence electrons. The zero-order valence-corrected chi connectivity index (χ0v) is 25.4. The first-order valence-electron chi connectivity index (χ1n) is 13.5. The molecule has 0 spiro atoms. The quantitative estimate of drug-likeness (QED) is 0.261. The molecule has 1 aromatic heterocycles. The molecule has 0 saturated heterocycles. The van der Waals surface area contributed by atoms with Crippen molar-refractivity contribution in [1.29, 1.82) is 0 Å². The molecule has 4 rings (SSSR count). The minimum atomic E-state index is -0.311. The number of benzene rings is 3. The third-order valence-electron chi connectivity index (χ3n) is 6.97. The highest BCUT2D eigenvalue weighted by atomic mass is 16.5. The van der Waals surface area contributed by atoms with Crippen LogP contribution in [0, 0.1) is 0 Å². The van der Waals surface area contributed by atoms with Crippen LogP contribution < -0.4 is 25.2 Å². The molecule has 0 aliphatic carbocycles. The van der Waals surface area contributed by atoms with Crippen molar-refractivity contribution in [2.45, 2.75) is 20.5 Å². The Morgan fingerprint density at radius 2 is 1.50 bits per heavy atom. The number of amides is 2. The second-order valence-corrected chi connectivity index (χ2v) is 10.5. The van der Waals surface area contributed by atoms with Crippen LogP contribution in [-0.4, -0.2) is 61.8 Å². The lowest BCUT2D eigenvalue weighted by Gasteiger charge is -2.17. The normalized spacial score (nSPS) is 10.8. The first kappa shape index (κ1) is 30.1. The van der Waals surface area contributed by atoms with Gasteiger partial charge in [-0.25, -0.2) is 4.98 Å². The summed E-state index contributed by atoms with van der Waals surface area (Å²) in [6.07, 6.45) is 0. The summed E-state index contributed by atoms with van der Waals surface area (Å²) in [6.45, 7) is 2.58. The van der Waals surface area contributed by atoms with E-state index in [1.54, 1.807) is 12.1 Å². The average Bonchev–Trinajstić information content (AvgIpc) is 3.28. The number of hydrogen-bond acceptors (Lipinski definition) is 7. The van der Waals surface area contributed by atoms with Crippen molar-refractivity contribution >= 4 is 34.6 Å². The van der Waals surface area contributed by atoms with Gasteiger partial charge in [0, 0.05) is 82.7 Å². The Hall–Kier alpha value is -4.83. The molecule has 4 aromatic rings. The van der Waals surface area contributed by atoms with E-state index in [0.717, 1.165) is 28.2 Å². The predicted molar refractivity (Wildman–Crippen MR) is 169 cm³/mol. The maximum atomic E-state index is 12.3. The highest BCUT2D eigenvalue weighted by Crippen LogP contribution is 2.42. The van der Waals surface area contributed by atoms with Gasteiger partial charge in [-0.1, -0.05) is 12.1 Å². The number of methoxy groups -OCH3 is 1. The summed E-state index contributed by atoms with van der Waals surface area (Å²) in [4.78, 5) is 33.3. The molecule has 3 aromatic carbocycles. The van der Waals surface area contributed by atoms with Crippen molar-refractivity contribution in [3.8, 4) is 39.7 Å². The molecule has 0 aliphatic heterocycles. The molecule has 0 bridgehead atoms. The molecule has 2 amide bonds. The largest absolute Gasteiger partial charge is 0.495 e. The first-order valence-corrected chi connectivity index (χ1v) is 13.5. The Morgan fingerprint density at radius 1 is 0.881 bits per heavy atom. The number of aliphatic hydroxyl groups is 1. The number of aromatic nitrogens is 2. The van der Waals surface area contributed by atoms with E-state index in [9.17, 15) is 14.7 Å². The van der Waals surface area contributed by atoms with Gasteiger partial charge in [0.2, 0.25) is 11.8 Å². The van der Waals surface area contributed by atoms with Crippen LogP contribution in [0.5, 0.6) is 5.75 Å². The van der Waals surface area contributed by atoms with Crippen molar-refractivity contribution in [2.75, 3.05) is 55.7 Å². The van der Waals surface area contributed by atoms with Crippen LogP contribution in [0.25, 0.3) is 33.9 Å². The van der Waals surface area contributed by atoms with Crippen LogP contribution in [0.3, 0.4) is 0 Å². The minimum absolute atomic E-state index is 0.189. The summed E-state index contributed by atoms with van der Waals surface area (Å²) in [5, 5.41) is 15.9. The standard InChI is InChI=1S/C32H38N6O4/c1-19(40)33-27-17-25(37(5)6)13-14-26(27)30-31(21-9-11-24(12-10-21)36(3)4)38(7)32(35-30)22-15-23(18-39)29(34-20(2)41)28(16-22)42-8/h9-17,39H,18H2,1-8H3,(H,33,40)(H,34,41). The molecule has 0 saturated carbocycles. The van der Waals surface area contributed by atoms with Gasteiger partial charge in [0.1, 0.15) is 11.6 Å². The van der Waals surface area contributed by atoms with E-state index < -0.39 is 0 Å². The Labute approximate surface area is 246 Å². The van der Waals surface area contributed by atoms with E-state index in [-0.39, 0.29) is 18.4 Å². The molecular formula is C32H38N6O4. The zero-order valence-electron chi connectivity index (χ0n) is 25.4. The molecular weight excluding hydrogens is 532 g/mol. The fourth-order valence-electron chi connectivity index (χ4n) is 4.91. The second-order valence-electron chi connectivity index (χ2n) is 10.5. The number of rotatable bonds is 9.